The molecule has 80 valence electrons. The lowest BCUT2D eigenvalue weighted by atomic mass is 10.1. The zero-order chi connectivity index (χ0) is 10.7. The lowest BCUT2D eigenvalue weighted by Gasteiger charge is -2.08. The Morgan fingerprint density at radius 2 is 2.33 bits per heavy atom. The Balaban J connectivity index is 1.93. The van der Waals surface area contributed by atoms with Crippen molar-refractivity contribution in [2.75, 3.05) is 0 Å². The van der Waals surface area contributed by atoms with Crippen LogP contribution < -0.4 is 5.73 Å². The van der Waals surface area contributed by atoms with Crippen LogP contribution in [-0.2, 0) is 6.42 Å². The molecule has 0 aliphatic carbocycles. The molecule has 1 unspecified atom stereocenters. The molecule has 2 aromatic heterocycles. The van der Waals surface area contributed by atoms with Gasteiger partial charge in [-0.05, 0) is 42.0 Å². The normalized spacial score (nSPS) is 12.9. The van der Waals surface area contributed by atoms with E-state index in [0.717, 1.165) is 18.4 Å². The summed E-state index contributed by atoms with van der Waals surface area (Å²) >= 11 is 7.61. The van der Waals surface area contributed by atoms with Crippen LogP contribution in [0, 0.1) is 0 Å². The highest BCUT2D eigenvalue weighted by molar-refractivity contribution is 7.09. The Labute approximate surface area is 97.7 Å². The summed E-state index contributed by atoms with van der Waals surface area (Å²) in [5, 5.41) is 2.49. The van der Waals surface area contributed by atoms with Crippen molar-refractivity contribution >= 4 is 22.9 Å². The van der Waals surface area contributed by atoms with Crippen molar-refractivity contribution in [1.82, 2.24) is 0 Å². The number of rotatable bonds is 4. The average molecular weight is 242 g/mol. The number of thiophene rings is 1. The van der Waals surface area contributed by atoms with Gasteiger partial charge in [-0.1, -0.05) is 6.07 Å². The summed E-state index contributed by atoms with van der Waals surface area (Å²) in [5.41, 5.74) is 6.91. The molecule has 0 saturated carbocycles. The molecule has 1 atom stereocenters. The molecule has 0 radical (unpaired) electrons. The van der Waals surface area contributed by atoms with Gasteiger partial charge in [-0.3, -0.25) is 0 Å². The third kappa shape index (κ3) is 2.62. The van der Waals surface area contributed by atoms with E-state index in [0.29, 0.717) is 5.22 Å². The molecule has 0 aliphatic heterocycles. The topological polar surface area (TPSA) is 39.2 Å². The minimum absolute atomic E-state index is 0.0432. The Morgan fingerprint density at radius 1 is 1.47 bits per heavy atom. The van der Waals surface area contributed by atoms with Crippen LogP contribution in [0.1, 0.15) is 22.9 Å². The highest BCUT2D eigenvalue weighted by Crippen LogP contribution is 2.26. The number of aryl methyl sites for hydroxylation is 1. The minimum atomic E-state index is -0.0432. The third-order valence-electron chi connectivity index (χ3n) is 2.33. The highest BCUT2D eigenvalue weighted by Gasteiger charge is 2.12. The number of halogens is 1. The minimum Gasteiger partial charge on any atom is -0.453 e. The van der Waals surface area contributed by atoms with Crippen LogP contribution in [0.15, 0.2) is 34.3 Å². The second-order valence-electron chi connectivity index (χ2n) is 3.37. The van der Waals surface area contributed by atoms with Gasteiger partial charge in [0.15, 0.2) is 5.22 Å². The molecule has 2 nitrogen and oxygen atoms in total. The molecular formula is C11H12ClNOS. The second-order valence-corrected chi connectivity index (χ2v) is 4.75. The Hall–Kier alpha value is -0.770. The van der Waals surface area contributed by atoms with E-state index in [1.165, 1.54) is 4.88 Å². The Kier molecular flexibility index (Phi) is 3.46. The fourth-order valence-electron chi connectivity index (χ4n) is 1.48. The molecule has 0 fully saturated rings. The van der Waals surface area contributed by atoms with Crippen molar-refractivity contribution in [3.63, 3.8) is 0 Å². The molecule has 0 aliphatic rings. The maximum atomic E-state index is 6.02. The van der Waals surface area contributed by atoms with Gasteiger partial charge in [0.2, 0.25) is 0 Å². The molecule has 0 bridgehead atoms. The maximum Gasteiger partial charge on any atom is 0.197 e. The fourth-order valence-corrected chi connectivity index (χ4v) is 2.46. The quantitative estimate of drug-likeness (QED) is 0.888. The summed E-state index contributed by atoms with van der Waals surface area (Å²) in [6.45, 7) is 0. The molecule has 15 heavy (non-hydrogen) atoms. The van der Waals surface area contributed by atoms with Gasteiger partial charge < -0.3 is 10.2 Å². The molecule has 2 aromatic rings. The standard InChI is InChI=1S/C11H12ClNOS/c12-11-9(5-6-14-11)10(13)4-3-8-2-1-7-15-8/h1-2,5-7,10H,3-4,13H2. The van der Waals surface area contributed by atoms with E-state index in [2.05, 4.69) is 17.5 Å². The molecule has 0 saturated heterocycles. The Morgan fingerprint density at radius 3 is 2.93 bits per heavy atom. The zero-order valence-electron chi connectivity index (χ0n) is 8.15. The van der Waals surface area contributed by atoms with Crippen molar-refractivity contribution in [3.8, 4) is 0 Å². The molecule has 0 amide bonds. The smallest absolute Gasteiger partial charge is 0.197 e. The summed E-state index contributed by atoms with van der Waals surface area (Å²) < 4.78 is 5.01. The largest absolute Gasteiger partial charge is 0.453 e. The molecule has 0 spiro atoms. The van der Waals surface area contributed by atoms with Crippen molar-refractivity contribution in [2.45, 2.75) is 18.9 Å². The average Bonchev–Trinajstić information content (AvgIpc) is 2.84. The summed E-state index contributed by atoms with van der Waals surface area (Å²) in [6, 6.07) is 5.96. The van der Waals surface area contributed by atoms with Crippen LogP contribution in [-0.4, -0.2) is 0 Å². The number of hydrogen-bond donors (Lipinski definition) is 1. The van der Waals surface area contributed by atoms with Gasteiger partial charge >= 0.3 is 0 Å². The van der Waals surface area contributed by atoms with Crippen molar-refractivity contribution in [1.29, 1.82) is 0 Å². The van der Waals surface area contributed by atoms with E-state index < -0.39 is 0 Å². The van der Waals surface area contributed by atoms with Gasteiger partial charge in [0, 0.05) is 16.5 Å². The second kappa shape index (κ2) is 4.84. The lowest BCUT2D eigenvalue weighted by molar-refractivity contribution is 0.557. The first kappa shape index (κ1) is 10.7. The van der Waals surface area contributed by atoms with Gasteiger partial charge in [0.1, 0.15) is 0 Å². The third-order valence-corrected chi connectivity index (χ3v) is 3.57. The molecule has 2 rings (SSSR count). The van der Waals surface area contributed by atoms with Gasteiger partial charge in [0.05, 0.1) is 6.26 Å². The predicted octanol–water partition coefficient (Wildman–Crippen LogP) is 3.63. The lowest BCUT2D eigenvalue weighted by Crippen LogP contribution is -2.10. The van der Waals surface area contributed by atoms with Crippen molar-refractivity contribution < 1.29 is 4.42 Å². The monoisotopic (exact) mass is 241 g/mol. The number of furan rings is 1. The van der Waals surface area contributed by atoms with Crippen LogP contribution in [0.4, 0.5) is 0 Å². The van der Waals surface area contributed by atoms with Gasteiger partial charge in [-0.2, -0.15) is 0 Å². The van der Waals surface area contributed by atoms with E-state index in [1.807, 2.05) is 6.07 Å². The first-order valence-electron chi connectivity index (χ1n) is 4.78. The van der Waals surface area contributed by atoms with E-state index in [1.54, 1.807) is 17.6 Å². The molecule has 0 aromatic carbocycles. The van der Waals surface area contributed by atoms with E-state index in [4.69, 9.17) is 21.8 Å². The van der Waals surface area contributed by atoms with Crippen LogP contribution in [0.3, 0.4) is 0 Å². The maximum absolute atomic E-state index is 6.02. The molecule has 2 N–H and O–H groups in total. The first-order valence-corrected chi connectivity index (χ1v) is 6.04. The summed E-state index contributed by atoms with van der Waals surface area (Å²) in [6.07, 6.45) is 3.45. The van der Waals surface area contributed by atoms with Gasteiger partial charge in [-0.25, -0.2) is 0 Å². The van der Waals surface area contributed by atoms with Crippen molar-refractivity contribution in [3.05, 3.63) is 45.5 Å². The van der Waals surface area contributed by atoms with Crippen LogP contribution in [0.25, 0.3) is 0 Å². The number of hydrogen-bond acceptors (Lipinski definition) is 3. The molecule has 2 heterocycles. The number of nitrogens with two attached hydrogens (primary N) is 1. The molecule has 4 heteroatoms. The van der Waals surface area contributed by atoms with Gasteiger partial charge in [0.25, 0.3) is 0 Å². The van der Waals surface area contributed by atoms with E-state index in [-0.39, 0.29) is 6.04 Å². The SMILES string of the molecule is NC(CCc1cccs1)c1ccoc1Cl. The summed E-state index contributed by atoms with van der Waals surface area (Å²) in [7, 11) is 0. The van der Waals surface area contributed by atoms with E-state index in [9.17, 15) is 0 Å². The van der Waals surface area contributed by atoms with E-state index >= 15 is 0 Å². The first-order chi connectivity index (χ1) is 7.27. The van der Waals surface area contributed by atoms with Crippen molar-refractivity contribution in [2.24, 2.45) is 5.73 Å². The highest BCUT2D eigenvalue weighted by atomic mass is 35.5. The summed E-state index contributed by atoms with van der Waals surface area (Å²) in [4.78, 5) is 1.35. The van der Waals surface area contributed by atoms with Gasteiger partial charge in [-0.15, -0.1) is 11.3 Å². The zero-order valence-corrected chi connectivity index (χ0v) is 9.72. The van der Waals surface area contributed by atoms with Crippen LogP contribution >= 0.6 is 22.9 Å². The van der Waals surface area contributed by atoms with Crippen LogP contribution in [0.2, 0.25) is 5.22 Å². The Bertz CT molecular complexity index is 410. The predicted molar refractivity (Wildman–Crippen MR) is 63.3 cm³/mol. The fraction of sp³-hybridized carbons (Fsp3) is 0.273. The summed E-state index contributed by atoms with van der Waals surface area (Å²) in [5.74, 6) is 0. The van der Waals surface area contributed by atoms with Crippen LogP contribution in [0.5, 0.6) is 0 Å². The molecular weight excluding hydrogens is 230 g/mol.